The third kappa shape index (κ3) is 3.19. The molecule has 2 N–H and O–H groups in total. The number of pyridine rings is 1. The van der Waals surface area contributed by atoms with Gasteiger partial charge in [-0.15, -0.1) is 0 Å². The monoisotopic (exact) mass is 339 g/mol. The molecule has 0 radical (unpaired) electrons. The van der Waals surface area contributed by atoms with Gasteiger partial charge in [0.2, 0.25) is 0 Å². The molecule has 6 heteroatoms. The Kier molecular flexibility index (Phi) is 4.41. The molecule has 2 aromatic carbocycles. The molecule has 0 aliphatic carbocycles. The Morgan fingerprint density at radius 3 is 2.83 bits per heavy atom. The molecule has 3 aromatic rings. The number of ether oxygens (including phenoxy) is 1. The number of methoxy groups -OCH3 is 1. The van der Waals surface area contributed by atoms with E-state index in [1.165, 1.54) is 7.11 Å². The molecule has 5 nitrogen and oxygen atoms in total. The van der Waals surface area contributed by atoms with E-state index in [0.29, 0.717) is 34.0 Å². The van der Waals surface area contributed by atoms with Gasteiger partial charge < -0.3 is 15.0 Å². The normalized spacial score (nSPS) is 10.4. The van der Waals surface area contributed by atoms with Crippen LogP contribution in [0.15, 0.2) is 47.3 Å². The number of benzene rings is 2. The van der Waals surface area contributed by atoms with E-state index < -0.39 is 0 Å². The van der Waals surface area contributed by atoms with Gasteiger partial charge >= 0.3 is 0 Å². The topological polar surface area (TPSA) is 77.9 Å². The number of anilines is 1. The lowest BCUT2D eigenvalue weighted by molar-refractivity contribution is 0.413. The zero-order valence-corrected chi connectivity index (χ0v) is 13.6. The second-order valence-corrected chi connectivity index (χ2v) is 5.67. The lowest BCUT2D eigenvalue weighted by atomic mass is 10.1. The minimum Gasteiger partial charge on any atom is -0.495 e. The van der Waals surface area contributed by atoms with E-state index in [2.05, 4.69) is 16.4 Å². The average Bonchev–Trinajstić information content (AvgIpc) is 2.59. The summed E-state index contributed by atoms with van der Waals surface area (Å²) in [6.07, 6.45) is 0. The van der Waals surface area contributed by atoms with Crippen molar-refractivity contribution in [1.82, 2.24) is 4.98 Å². The van der Waals surface area contributed by atoms with Gasteiger partial charge in [0.1, 0.15) is 11.8 Å². The number of nitrogens with zero attached hydrogens (tertiary/aromatic N) is 1. The number of H-pyrrole nitrogens is 1. The largest absolute Gasteiger partial charge is 0.495 e. The number of nitriles is 1. The maximum atomic E-state index is 12.2. The van der Waals surface area contributed by atoms with E-state index in [-0.39, 0.29) is 5.56 Å². The van der Waals surface area contributed by atoms with Crippen molar-refractivity contribution < 1.29 is 4.74 Å². The zero-order valence-electron chi connectivity index (χ0n) is 12.9. The number of fused-ring (bicyclic) bond motifs is 1. The fourth-order valence-electron chi connectivity index (χ4n) is 2.44. The van der Waals surface area contributed by atoms with Gasteiger partial charge in [-0.3, -0.25) is 4.79 Å². The second kappa shape index (κ2) is 6.65. The molecule has 1 aromatic heterocycles. The first-order valence-electron chi connectivity index (χ1n) is 7.24. The van der Waals surface area contributed by atoms with E-state index in [1.54, 1.807) is 30.3 Å². The molecule has 0 saturated carbocycles. The summed E-state index contributed by atoms with van der Waals surface area (Å²) in [5.74, 6) is 0.490. The van der Waals surface area contributed by atoms with E-state index >= 15 is 0 Å². The molecule has 0 aliphatic rings. The van der Waals surface area contributed by atoms with Gasteiger partial charge in [-0.2, -0.15) is 5.26 Å². The van der Waals surface area contributed by atoms with Crippen LogP contribution in [0.1, 0.15) is 11.1 Å². The molecular weight excluding hydrogens is 326 g/mol. The molecule has 0 saturated heterocycles. The van der Waals surface area contributed by atoms with Crippen molar-refractivity contribution in [3.63, 3.8) is 0 Å². The SMILES string of the molecule is COc1cc(NCc2cc3ccc(Cl)cc3[nH]c2=O)ccc1C#N. The highest BCUT2D eigenvalue weighted by Crippen LogP contribution is 2.23. The van der Waals surface area contributed by atoms with Crippen LogP contribution in [0.5, 0.6) is 5.75 Å². The van der Waals surface area contributed by atoms with Gasteiger partial charge in [0, 0.05) is 34.4 Å². The number of aromatic amines is 1. The molecule has 0 amide bonds. The lowest BCUT2D eigenvalue weighted by Gasteiger charge is -2.09. The Labute approximate surface area is 143 Å². The van der Waals surface area contributed by atoms with Crippen LogP contribution in [0.3, 0.4) is 0 Å². The van der Waals surface area contributed by atoms with Gasteiger partial charge in [0.05, 0.1) is 12.7 Å². The van der Waals surface area contributed by atoms with Crippen molar-refractivity contribution in [2.24, 2.45) is 0 Å². The number of hydrogen-bond acceptors (Lipinski definition) is 4. The molecular formula is C18H14ClN3O2. The van der Waals surface area contributed by atoms with Gasteiger partial charge in [0.15, 0.2) is 0 Å². The molecule has 0 bridgehead atoms. The summed E-state index contributed by atoms with van der Waals surface area (Å²) in [5, 5.41) is 13.7. The summed E-state index contributed by atoms with van der Waals surface area (Å²) < 4.78 is 5.18. The first-order valence-corrected chi connectivity index (χ1v) is 7.62. The third-order valence-corrected chi connectivity index (χ3v) is 3.92. The van der Waals surface area contributed by atoms with Crippen LogP contribution >= 0.6 is 11.6 Å². The minimum atomic E-state index is -0.169. The predicted octanol–water partition coefficient (Wildman–Crippen LogP) is 3.67. The van der Waals surface area contributed by atoms with E-state index in [9.17, 15) is 4.79 Å². The number of aromatic nitrogens is 1. The molecule has 0 unspecified atom stereocenters. The standard InChI is InChI=1S/C18H14ClN3O2/c1-24-17-8-15(5-3-12(17)9-20)21-10-13-6-11-2-4-14(19)7-16(11)22-18(13)23/h2-8,21H,10H2,1H3,(H,22,23). The molecule has 0 aliphatic heterocycles. The summed E-state index contributed by atoms with van der Waals surface area (Å²) >= 11 is 5.94. The second-order valence-electron chi connectivity index (χ2n) is 5.24. The van der Waals surface area contributed by atoms with Gasteiger partial charge in [-0.05, 0) is 35.7 Å². The van der Waals surface area contributed by atoms with Gasteiger partial charge in [0.25, 0.3) is 5.56 Å². The summed E-state index contributed by atoms with van der Waals surface area (Å²) in [6.45, 7) is 0.350. The van der Waals surface area contributed by atoms with E-state index in [0.717, 1.165) is 11.1 Å². The lowest BCUT2D eigenvalue weighted by Crippen LogP contribution is -2.15. The predicted molar refractivity (Wildman–Crippen MR) is 94.6 cm³/mol. The maximum Gasteiger partial charge on any atom is 0.253 e. The Bertz CT molecular complexity index is 1010. The van der Waals surface area contributed by atoms with Crippen molar-refractivity contribution in [3.05, 3.63) is 69.0 Å². The molecule has 0 fully saturated rings. The summed E-state index contributed by atoms with van der Waals surface area (Å²) in [7, 11) is 1.51. The van der Waals surface area contributed by atoms with Crippen LogP contribution in [0.25, 0.3) is 10.9 Å². The quantitative estimate of drug-likeness (QED) is 0.760. The van der Waals surface area contributed by atoms with Crippen LogP contribution < -0.4 is 15.6 Å². The summed E-state index contributed by atoms with van der Waals surface area (Å²) in [6, 6.07) is 14.4. The van der Waals surface area contributed by atoms with Crippen LogP contribution in [0.2, 0.25) is 5.02 Å². The van der Waals surface area contributed by atoms with Crippen LogP contribution in [-0.2, 0) is 6.54 Å². The van der Waals surface area contributed by atoms with E-state index in [1.807, 2.05) is 12.1 Å². The van der Waals surface area contributed by atoms with Crippen LogP contribution in [0.4, 0.5) is 5.69 Å². The Hall–Kier alpha value is -2.97. The Morgan fingerprint density at radius 1 is 1.25 bits per heavy atom. The van der Waals surface area contributed by atoms with Gasteiger partial charge in [-0.25, -0.2) is 0 Å². The maximum absolute atomic E-state index is 12.2. The number of hydrogen-bond donors (Lipinski definition) is 2. The first-order chi connectivity index (χ1) is 11.6. The van der Waals surface area contributed by atoms with Crippen molar-refractivity contribution in [2.75, 3.05) is 12.4 Å². The van der Waals surface area contributed by atoms with Crippen molar-refractivity contribution in [3.8, 4) is 11.8 Å². The smallest absolute Gasteiger partial charge is 0.253 e. The highest BCUT2D eigenvalue weighted by atomic mass is 35.5. The minimum absolute atomic E-state index is 0.169. The number of nitrogens with one attached hydrogen (secondary N) is 2. The molecule has 1 heterocycles. The van der Waals surface area contributed by atoms with E-state index in [4.69, 9.17) is 21.6 Å². The first kappa shape index (κ1) is 15.9. The molecule has 24 heavy (non-hydrogen) atoms. The highest BCUT2D eigenvalue weighted by Gasteiger charge is 2.06. The summed E-state index contributed by atoms with van der Waals surface area (Å²) in [5.41, 5.74) is 2.37. The Morgan fingerprint density at radius 2 is 2.08 bits per heavy atom. The van der Waals surface area contributed by atoms with Crippen LogP contribution in [-0.4, -0.2) is 12.1 Å². The molecule has 120 valence electrons. The van der Waals surface area contributed by atoms with Crippen molar-refractivity contribution in [2.45, 2.75) is 6.54 Å². The highest BCUT2D eigenvalue weighted by molar-refractivity contribution is 6.31. The van der Waals surface area contributed by atoms with Crippen LogP contribution in [0, 0.1) is 11.3 Å². The third-order valence-electron chi connectivity index (χ3n) is 3.69. The number of halogens is 1. The number of rotatable bonds is 4. The molecule has 0 atom stereocenters. The fourth-order valence-corrected chi connectivity index (χ4v) is 2.61. The average molecular weight is 340 g/mol. The fraction of sp³-hybridized carbons (Fsp3) is 0.111. The van der Waals surface area contributed by atoms with Gasteiger partial charge in [-0.1, -0.05) is 17.7 Å². The Balaban J connectivity index is 1.86. The zero-order chi connectivity index (χ0) is 17.1. The molecule has 0 spiro atoms. The summed E-state index contributed by atoms with van der Waals surface area (Å²) in [4.78, 5) is 15.0. The van der Waals surface area contributed by atoms with Crippen molar-refractivity contribution in [1.29, 1.82) is 5.26 Å². The van der Waals surface area contributed by atoms with Crippen molar-refractivity contribution >= 4 is 28.2 Å². The molecule has 3 rings (SSSR count).